The largest absolute Gasteiger partial charge is 0.375 e. The van der Waals surface area contributed by atoms with Crippen molar-refractivity contribution < 1.29 is 9.53 Å². The molecule has 3 rings (SSSR count). The standard InChI is InChI=1S/C36H48N2O2/c1-10-36(7,8)22-32(34(23(2)3)30-15-12-18-38-35(30)26(6)40-9)31-21-29(17-16-24(31)4)28-14-11-13-27(19-28)20-33(37)25(5)39/h11-19,21,23,26,33H,10,20,22,37H2,1-9H3/b34-32+. The van der Waals surface area contributed by atoms with Gasteiger partial charge in [-0.3, -0.25) is 9.78 Å². The van der Waals surface area contributed by atoms with Crippen molar-refractivity contribution in [1.82, 2.24) is 4.98 Å². The summed E-state index contributed by atoms with van der Waals surface area (Å²) in [6.45, 7) is 17.4. The molecule has 0 spiro atoms. The van der Waals surface area contributed by atoms with E-state index in [1.807, 2.05) is 18.3 Å². The maximum atomic E-state index is 11.8. The van der Waals surface area contributed by atoms with Gasteiger partial charge in [0.1, 0.15) is 5.78 Å². The summed E-state index contributed by atoms with van der Waals surface area (Å²) in [5.74, 6) is 0.296. The molecule has 2 N–H and O–H groups in total. The molecule has 0 saturated heterocycles. The number of methoxy groups -OCH3 is 1. The summed E-state index contributed by atoms with van der Waals surface area (Å²) in [6, 6.07) is 18.9. The van der Waals surface area contributed by atoms with Gasteiger partial charge < -0.3 is 10.5 Å². The average Bonchev–Trinajstić information content (AvgIpc) is 2.92. The molecule has 0 amide bonds. The lowest BCUT2D eigenvalue weighted by Crippen LogP contribution is -2.30. The first kappa shape index (κ1) is 31.4. The van der Waals surface area contributed by atoms with Crippen LogP contribution in [0, 0.1) is 18.3 Å². The maximum Gasteiger partial charge on any atom is 0.146 e. The van der Waals surface area contributed by atoms with Crippen molar-refractivity contribution in [1.29, 1.82) is 0 Å². The molecule has 0 radical (unpaired) electrons. The van der Waals surface area contributed by atoms with Crippen LogP contribution in [0.2, 0.25) is 0 Å². The highest BCUT2D eigenvalue weighted by Crippen LogP contribution is 2.44. The summed E-state index contributed by atoms with van der Waals surface area (Å²) in [6.07, 6.45) is 4.31. The minimum Gasteiger partial charge on any atom is -0.375 e. The Morgan fingerprint density at radius 2 is 1.70 bits per heavy atom. The molecule has 2 unspecified atom stereocenters. The van der Waals surface area contributed by atoms with E-state index >= 15 is 0 Å². The minimum absolute atomic E-state index is 0.00937. The Hall–Kier alpha value is -3.08. The molecule has 2 atom stereocenters. The number of nitrogens with two attached hydrogens (primary N) is 1. The van der Waals surface area contributed by atoms with E-state index in [1.54, 1.807) is 14.0 Å². The van der Waals surface area contributed by atoms with Crippen LogP contribution in [0.4, 0.5) is 0 Å². The molecule has 0 saturated carbocycles. The van der Waals surface area contributed by atoms with Crippen molar-refractivity contribution in [3.8, 4) is 11.1 Å². The number of hydrogen-bond donors (Lipinski definition) is 1. The first-order chi connectivity index (χ1) is 18.9. The Morgan fingerprint density at radius 1 is 1.00 bits per heavy atom. The Labute approximate surface area is 242 Å². The number of nitrogens with zero attached hydrogens (tertiary/aromatic N) is 1. The third kappa shape index (κ3) is 7.56. The fraction of sp³-hybridized carbons (Fsp3) is 0.444. The van der Waals surface area contributed by atoms with Crippen LogP contribution < -0.4 is 5.73 Å². The first-order valence-corrected chi connectivity index (χ1v) is 14.6. The predicted octanol–water partition coefficient (Wildman–Crippen LogP) is 8.62. The quantitative estimate of drug-likeness (QED) is 0.250. The van der Waals surface area contributed by atoms with Crippen molar-refractivity contribution in [3.05, 3.63) is 88.7 Å². The molecule has 0 aliphatic carbocycles. The van der Waals surface area contributed by atoms with Crippen LogP contribution in [-0.4, -0.2) is 23.9 Å². The number of ketones is 1. The molecule has 4 nitrogen and oxygen atoms in total. The van der Waals surface area contributed by atoms with Gasteiger partial charge in [-0.05, 0) is 96.0 Å². The monoisotopic (exact) mass is 540 g/mol. The number of rotatable bonds is 12. The van der Waals surface area contributed by atoms with Gasteiger partial charge in [0.25, 0.3) is 0 Å². The van der Waals surface area contributed by atoms with Gasteiger partial charge in [-0.1, -0.05) is 83.5 Å². The van der Waals surface area contributed by atoms with E-state index in [4.69, 9.17) is 15.5 Å². The van der Waals surface area contributed by atoms with Crippen LogP contribution in [0.15, 0.2) is 60.8 Å². The number of allylic oxidation sites excluding steroid dienone is 2. The summed E-state index contributed by atoms with van der Waals surface area (Å²) in [5.41, 5.74) is 16.9. The fourth-order valence-electron chi connectivity index (χ4n) is 5.24. The van der Waals surface area contributed by atoms with Gasteiger partial charge in [-0.2, -0.15) is 0 Å². The number of carbonyl (C=O) groups excluding carboxylic acids is 1. The Morgan fingerprint density at radius 3 is 2.33 bits per heavy atom. The third-order valence-electron chi connectivity index (χ3n) is 8.18. The number of benzene rings is 2. The molecule has 2 aromatic carbocycles. The number of Topliss-reactive ketones (excluding diaryl/α,β-unsaturated/α-hetero) is 1. The zero-order valence-electron chi connectivity index (χ0n) is 26.0. The highest BCUT2D eigenvalue weighted by Gasteiger charge is 2.26. The third-order valence-corrected chi connectivity index (χ3v) is 8.18. The molecule has 1 aromatic heterocycles. The SMILES string of the molecule is CCC(C)(C)C/C(=C(\c1cccnc1C(C)OC)C(C)C)c1cc(-c2cccc(CC(N)C(C)=O)c2)ccc1C. The number of pyridine rings is 1. The number of aryl methyl sites for hydroxylation is 1. The van der Waals surface area contributed by atoms with Crippen molar-refractivity contribution in [2.75, 3.05) is 7.11 Å². The molecular weight excluding hydrogens is 492 g/mol. The summed E-state index contributed by atoms with van der Waals surface area (Å²) >= 11 is 0. The minimum atomic E-state index is -0.480. The van der Waals surface area contributed by atoms with Crippen molar-refractivity contribution in [2.45, 2.75) is 86.8 Å². The second-order valence-corrected chi connectivity index (χ2v) is 12.2. The van der Waals surface area contributed by atoms with Crippen LogP contribution in [-0.2, 0) is 16.0 Å². The molecule has 0 bridgehead atoms. The zero-order chi connectivity index (χ0) is 29.6. The lowest BCUT2D eigenvalue weighted by molar-refractivity contribution is -0.118. The molecule has 4 heteroatoms. The Balaban J connectivity index is 2.28. The number of hydrogen-bond acceptors (Lipinski definition) is 4. The lowest BCUT2D eigenvalue weighted by atomic mass is 9.75. The van der Waals surface area contributed by atoms with E-state index < -0.39 is 6.04 Å². The van der Waals surface area contributed by atoms with E-state index in [-0.39, 0.29) is 23.2 Å². The second-order valence-electron chi connectivity index (χ2n) is 12.2. The van der Waals surface area contributed by atoms with Gasteiger partial charge in [-0.25, -0.2) is 0 Å². The van der Waals surface area contributed by atoms with Crippen LogP contribution in [0.25, 0.3) is 22.3 Å². The molecule has 1 heterocycles. The normalized spacial score (nSPS) is 14.2. The first-order valence-electron chi connectivity index (χ1n) is 14.6. The molecule has 40 heavy (non-hydrogen) atoms. The van der Waals surface area contributed by atoms with Crippen molar-refractivity contribution >= 4 is 16.9 Å². The maximum absolute atomic E-state index is 11.8. The summed E-state index contributed by atoms with van der Waals surface area (Å²) < 4.78 is 5.75. The van der Waals surface area contributed by atoms with Gasteiger partial charge >= 0.3 is 0 Å². The molecule has 0 aliphatic heterocycles. The van der Waals surface area contributed by atoms with Crippen LogP contribution in [0.1, 0.15) is 95.4 Å². The van der Waals surface area contributed by atoms with E-state index in [9.17, 15) is 4.79 Å². The number of aromatic nitrogens is 1. The number of ether oxygens (including phenoxy) is 1. The van der Waals surface area contributed by atoms with Gasteiger partial charge in [0, 0.05) is 18.9 Å². The molecule has 214 valence electrons. The highest BCUT2D eigenvalue weighted by atomic mass is 16.5. The van der Waals surface area contributed by atoms with Crippen molar-refractivity contribution in [3.63, 3.8) is 0 Å². The van der Waals surface area contributed by atoms with Gasteiger partial charge in [-0.15, -0.1) is 0 Å². The summed E-state index contributed by atoms with van der Waals surface area (Å²) in [5, 5.41) is 0. The fourth-order valence-corrected chi connectivity index (χ4v) is 5.24. The van der Waals surface area contributed by atoms with Gasteiger partial charge in [0.15, 0.2) is 0 Å². The van der Waals surface area contributed by atoms with Gasteiger partial charge in [0.2, 0.25) is 0 Å². The molecule has 0 aliphatic rings. The average molecular weight is 541 g/mol. The molecule has 0 fully saturated rings. The number of carbonyl (C=O) groups is 1. The highest BCUT2D eigenvalue weighted by molar-refractivity contribution is 5.94. The lowest BCUT2D eigenvalue weighted by Gasteiger charge is -2.30. The van der Waals surface area contributed by atoms with Crippen LogP contribution in [0.5, 0.6) is 0 Å². The second kappa shape index (κ2) is 13.5. The van der Waals surface area contributed by atoms with Crippen molar-refractivity contribution in [2.24, 2.45) is 17.1 Å². The van der Waals surface area contributed by atoms with Gasteiger partial charge in [0.05, 0.1) is 17.8 Å². The molecule has 3 aromatic rings. The molecular formula is C36H48N2O2. The Bertz CT molecular complexity index is 1350. The smallest absolute Gasteiger partial charge is 0.146 e. The van der Waals surface area contributed by atoms with Crippen LogP contribution >= 0.6 is 0 Å². The van der Waals surface area contributed by atoms with E-state index in [0.717, 1.165) is 35.2 Å². The van der Waals surface area contributed by atoms with E-state index in [0.29, 0.717) is 6.42 Å². The zero-order valence-corrected chi connectivity index (χ0v) is 26.0. The summed E-state index contributed by atoms with van der Waals surface area (Å²) in [4.78, 5) is 16.6. The van der Waals surface area contributed by atoms with E-state index in [1.165, 1.54) is 27.8 Å². The van der Waals surface area contributed by atoms with Crippen LogP contribution in [0.3, 0.4) is 0 Å². The Kier molecular flexibility index (Phi) is 10.6. The van der Waals surface area contributed by atoms with E-state index in [2.05, 4.69) is 90.9 Å². The topological polar surface area (TPSA) is 65.2 Å². The summed E-state index contributed by atoms with van der Waals surface area (Å²) in [7, 11) is 1.74. The predicted molar refractivity (Wildman–Crippen MR) is 169 cm³/mol.